The third-order valence-electron chi connectivity index (χ3n) is 12.5. The number of hydrogen-bond donors (Lipinski definition) is 0. The van der Waals surface area contributed by atoms with Gasteiger partial charge in [0.2, 0.25) is 0 Å². The highest BCUT2D eigenvalue weighted by atomic mass is 15.0. The average Bonchev–Trinajstić information content (AvgIpc) is 3.85. The van der Waals surface area contributed by atoms with Crippen molar-refractivity contribution >= 4 is 75.9 Å². The minimum atomic E-state index is 0.636. The molecule has 0 radical (unpaired) electrons. The summed E-state index contributed by atoms with van der Waals surface area (Å²) in [6, 6.07) is 75.9. The Morgan fingerprint density at radius 1 is 0.274 bits per heavy atom. The highest BCUT2D eigenvalue weighted by Crippen LogP contribution is 2.41. The standard InChI is InChI=1S/C57H35N5/c1-3-15-37(16-4-1)55-58-56(38-17-5-2-6-18-38)60-57(59-55)42-27-29-44-41(32-42)21-13-25-50(44)62-52-34-40-20-8-7-19-39(40)33-49(52)47-31-28-43(35-53(47)62)61-51-24-12-11-23-46(51)48-30-26-36-14-9-10-22-45(36)54(48)61/h1-35H. The number of hydrogen-bond acceptors (Lipinski definition) is 3. The fourth-order valence-corrected chi connectivity index (χ4v) is 9.63. The maximum Gasteiger partial charge on any atom is 0.164 e. The lowest BCUT2D eigenvalue weighted by molar-refractivity contribution is 1.07. The number of para-hydroxylation sites is 1. The predicted octanol–water partition coefficient (Wildman–Crippen LogP) is 14.5. The van der Waals surface area contributed by atoms with Crippen LogP contribution in [0.15, 0.2) is 212 Å². The molecule has 0 amide bonds. The van der Waals surface area contributed by atoms with Crippen molar-refractivity contribution in [3.63, 3.8) is 0 Å². The van der Waals surface area contributed by atoms with Gasteiger partial charge in [0.05, 0.1) is 27.8 Å². The summed E-state index contributed by atoms with van der Waals surface area (Å²) >= 11 is 0. The summed E-state index contributed by atoms with van der Waals surface area (Å²) in [5.74, 6) is 1.93. The van der Waals surface area contributed by atoms with Gasteiger partial charge in [0, 0.05) is 54.7 Å². The molecule has 0 aliphatic rings. The van der Waals surface area contributed by atoms with Gasteiger partial charge in [-0.3, -0.25) is 0 Å². The lowest BCUT2D eigenvalue weighted by Crippen LogP contribution is -2.00. The van der Waals surface area contributed by atoms with Crippen LogP contribution in [0.5, 0.6) is 0 Å². The minimum absolute atomic E-state index is 0.636. The molecule has 0 spiro atoms. The van der Waals surface area contributed by atoms with E-state index in [0.29, 0.717) is 17.5 Å². The molecule has 5 nitrogen and oxygen atoms in total. The second kappa shape index (κ2) is 13.6. The number of aromatic nitrogens is 5. The Hall–Kier alpha value is -8.41. The zero-order valence-corrected chi connectivity index (χ0v) is 33.4. The highest BCUT2D eigenvalue weighted by molar-refractivity contribution is 6.19. The largest absolute Gasteiger partial charge is 0.309 e. The highest BCUT2D eigenvalue weighted by Gasteiger charge is 2.20. The second-order valence-corrected chi connectivity index (χ2v) is 16.0. The number of nitrogens with zero attached hydrogens (tertiary/aromatic N) is 5. The maximum atomic E-state index is 5.06. The fraction of sp³-hybridized carbons (Fsp3) is 0. The van der Waals surface area contributed by atoms with Crippen LogP contribution in [-0.4, -0.2) is 24.1 Å². The normalized spacial score (nSPS) is 11.9. The molecule has 3 heterocycles. The van der Waals surface area contributed by atoms with Crippen molar-refractivity contribution in [2.45, 2.75) is 0 Å². The van der Waals surface area contributed by atoms with Gasteiger partial charge in [0.1, 0.15) is 0 Å². The minimum Gasteiger partial charge on any atom is -0.309 e. The Labute approximate surface area is 356 Å². The molecule has 5 heteroatoms. The molecule has 288 valence electrons. The molecule has 62 heavy (non-hydrogen) atoms. The third kappa shape index (κ3) is 5.32. The Morgan fingerprint density at radius 3 is 1.60 bits per heavy atom. The van der Waals surface area contributed by atoms with Crippen LogP contribution in [0.3, 0.4) is 0 Å². The van der Waals surface area contributed by atoms with Gasteiger partial charge in [0.25, 0.3) is 0 Å². The van der Waals surface area contributed by atoms with Crippen molar-refractivity contribution in [3.05, 3.63) is 212 Å². The van der Waals surface area contributed by atoms with Crippen LogP contribution in [0.4, 0.5) is 0 Å². The lowest BCUT2D eigenvalue weighted by Gasteiger charge is -2.15. The summed E-state index contributed by atoms with van der Waals surface area (Å²) in [7, 11) is 0. The van der Waals surface area contributed by atoms with Crippen LogP contribution in [0.25, 0.3) is 121 Å². The Bertz CT molecular complexity index is 3860. The van der Waals surface area contributed by atoms with Crippen molar-refractivity contribution in [3.8, 4) is 45.5 Å². The van der Waals surface area contributed by atoms with Crippen molar-refractivity contribution < 1.29 is 0 Å². The van der Waals surface area contributed by atoms with Crippen molar-refractivity contribution in [1.82, 2.24) is 24.1 Å². The van der Waals surface area contributed by atoms with E-state index in [2.05, 4.69) is 161 Å². The Balaban J connectivity index is 1.05. The molecule has 0 bridgehead atoms. The Morgan fingerprint density at radius 2 is 0.839 bits per heavy atom. The summed E-state index contributed by atoms with van der Waals surface area (Å²) in [6.07, 6.45) is 0. The molecule has 13 rings (SSSR count). The van der Waals surface area contributed by atoms with Crippen LogP contribution in [0.2, 0.25) is 0 Å². The molecule has 0 unspecified atom stereocenters. The van der Waals surface area contributed by atoms with E-state index in [0.717, 1.165) is 49.9 Å². The van der Waals surface area contributed by atoms with E-state index >= 15 is 0 Å². The summed E-state index contributed by atoms with van der Waals surface area (Å²) in [5, 5.41) is 12.1. The van der Waals surface area contributed by atoms with Gasteiger partial charge in [-0.05, 0) is 64.0 Å². The van der Waals surface area contributed by atoms with Gasteiger partial charge < -0.3 is 9.13 Å². The van der Waals surface area contributed by atoms with Gasteiger partial charge in [-0.2, -0.15) is 0 Å². The van der Waals surface area contributed by atoms with E-state index in [9.17, 15) is 0 Å². The third-order valence-corrected chi connectivity index (χ3v) is 12.5. The number of rotatable bonds is 5. The summed E-state index contributed by atoms with van der Waals surface area (Å²) in [6.45, 7) is 0. The van der Waals surface area contributed by atoms with Gasteiger partial charge >= 0.3 is 0 Å². The molecular weight excluding hydrogens is 755 g/mol. The molecule has 0 aliphatic carbocycles. The Kier molecular flexibility index (Phi) is 7.54. The smallest absolute Gasteiger partial charge is 0.164 e. The van der Waals surface area contributed by atoms with E-state index in [-0.39, 0.29) is 0 Å². The monoisotopic (exact) mass is 789 g/mol. The van der Waals surface area contributed by atoms with E-state index in [4.69, 9.17) is 15.0 Å². The molecule has 0 fully saturated rings. The first-order valence-electron chi connectivity index (χ1n) is 21.0. The predicted molar refractivity (Wildman–Crippen MR) is 257 cm³/mol. The SMILES string of the molecule is c1ccc(-c2nc(-c3ccccc3)nc(-c3ccc4c(-n5c6cc(-n7c8ccccc8c8ccc9ccccc9c87)ccc6c6cc7ccccc7cc65)cccc4c3)n2)cc1. The van der Waals surface area contributed by atoms with Gasteiger partial charge in [-0.15, -0.1) is 0 Å². The second-order valence-electron chi connectivity index (χ2n) is 16.0. The summed E-state index contributed by atoms with van der Waals surface area (Å²) in [4.78, 5) is 15.0. The number of fused-ring (bicyclic) bond motifs is 10. The molecule has 3 aromatic heterocycles. The first-order valence-corrected chi connectivity index (χ1v) is 21.0. The zero-order valence-electron chi connectivity index (χ0n) is 33.4. The molecule has 0 aliphatic heterocycles. The molecule has 13 aromatic rings. The molecule has 0 saturated heterocycles. The lowest BCUT2D eigenvalue weighted by atomic mass is 10.0. The molecule has 0 N–H and O–H groups in total. The van der Waals surface area contributed by atoms with Crippen LogP contribution >= 0.6 is 0 Å². The van der Waals surface area contributed by atoms with Crippen LogP contribution in [0.1, 0.15) is 0 Å². The van der Waals surface area contributed by atoms with Crippen molar-refractivity contribution in [2.75, 3.05) is 0 Å². The summed E-state index contributed by atoms with van der Waals surface area (Å²) < 4.78 is 4.93. The first-order chi connectivity index (χ1) is 30.7. The molecule has 0 atom stereocenters. The van der Waals surface area contributed by atoms with E-state index < -0.39 is 0 Å². The fourth-order valence-electron chi connectivity index (χ4n) is 9.63. The molecule has 10 aromatic carbocycles. The topological polar surface area (TPSA) is 48.5 Å². The molecule has 0 saturated carbocycles. The van der Waals surface area contributed by atoms with Crippen LogP contribution in [0, 0.1) is 0 Å². The number of benzene rings is 10. The first kappa shape index (κ1) is 34.5. The van der Waals surface area contributed by atoms with Gasteiger partial charge in [-0.1, -0.05) is 170 Å². The van der Waals surface area contributed by atoms with Gasteiger partial charge in [-0.25, -0.2) is 15.0 Å². The molecular formula is C57H35N5. The van der Waals surface area contributed by atoms with E-state index in [1.807, 2.05) is 60.7 Å². The average molecular weight is 790 g/mol. The van der Waals surface area contributed by atoms with Crippen molar-refractivity contribution in [1.29, 1.82) is 0 Å². The van der Waals surface area contributed by atoms with Crippen LogP contribution < -0.4 is 0 Å². The quantitative estimate of drug-likeness (QED) is 0.174. The van der Waals surface area contributed by atoms with Gasteiger partial charge in [0.15, 0.2) is 17.5 Å². The summed E-state index contributed by atoms with van der Waals surface area (Å²) in [5.41, 5.74) is 9.78. The maximum absolute atomic E-state index is 5.06. The van der Waals surface area contributed by atoms with Crippen LogP contribution in [-0.2, 0) is 0 Å². The van der Waals surface area contributed by atoms with E-state index in [1.54, 1.807) is 0 Å². The zero-order chi connectivity index (χ0) is 40.7. The van der Waals surface area contributed by atoms with Crippen molar-refractivity contribution in [2.24, 2.45) is 0 Å². The van der Waals surface area contributed by atoms with E-state index in [1.165, 1.54) is 54.1 Å².